The van der Waals surface area contributed by atoms with Gasteiger partial charge in [-0.05, 0) is 56.2 Å². The SMILES string of the molecule is CCCNC(CCc1ccccc1C)CC(C)CCC. The van der Waals surface area contributed by atoms with Crippen LogP contribution in [0.3, 0.4) is 0 Å². The van der Waals surface area contributed by atoms with E-state index in [1.54, 1.807) is 0 Å². The summed E-state index contributed by atoms with van der Waals surface area (Å²) in [6.45, 7) is 10.3. The molecular weight excluding hydrogens is 242 g/mol. The van der Waals surface area contributed by atoms with E-state index in [9.17, 15) is 0 Å². The molecule has 0 saturated heterocycles. The molecule has 1 N–H and O–H groups in total. The first-order valence-corrected chi connectivity index (χ1v) is 8.45. The topological polar surface area (TPSA) is 12.0 Å². The van der Waals surface area contributed by atoms with Gasteiger partial charge in [-0.1, -0.05) is 57.9 Å². The fourth-order valence-electron chi connectivity index (χ4n) is 2.97. The second kappa shape index (κ2) is 9.99. The van der Waals surface area contributed by atoms with Crippen LogP contribution in [0.15, 0.2) is 24.3 Å². The van der Waals surface area contributed by atoms with Crippen molar-refractivity contribution in [3.63, 3.8) is 0 Å². The molecule has 0 fully saturated rings. The van der Waals surface area contributed by atoms with Gasteiger partial charge >= 0.3 is 0 Å². The summed E-state index contributed by atoms with van der Waals surface area (Å²) in [7, 11) is 0. The van der Waals surface area contributed by atoms with Gasteiger partial charge < -0.3 is 5.32 Å². The first kappa shape index (κ1) is 17.2. The third-order valence-electron chi connectivity index (χ3n) is 4.17. The van der Waals surface area contributed by atoms with Gasteiger partial charge in [0.15, 0.2) is 0 Å². The predicted molar refractivity (Wildman–Crippen MR) is 90.3 cm³/mol. The van der Waals surface area contributed by atoms with Crippen LogP contribution in [0.2, 0.25) is 0 Å². The maximum Gasteiger partial charge on any atom is 0.00727 e. The molecule has 0 heterocycles. The van der Waals surface area contributed by atoms with Crippen LogP contribution < -0.4 is 5.32 Å². The molecule has 1 aromatic carbocycles. The minimum Gasteiger partial charge on any atom is -0.314 e. The fourth-order valence-corrected chi connectivity index (χ4v) is 2.97. The molecule has 1 nitrogen and oxygen atoms in total. The standard InChI is InChI=1S/C19H33N/c1-5-9-16(3)15-19(20-14-6-2)13-12-18-11-8-7-10-17(18)4/h7-8,10-11,16,19-20H,5-6,9,12-15H2,1-4H3. The molecule has 0 bridgehead atoms. The summed E-state index contributed by atoms with van der Waals surface area (Å²) in [5.74, 6) is 0.839. The van der Waals surface area contributed by atoms with E-state index in [1.807, 2.05) is 0 Å². The largest absolute Gasteiger partial charge is 0.314 e. The van der Waals surface area contributed by atoms with Crippen LogP contribution in [0.25, 0.3) is 0 Å². The summed E-state index contributed by atoms with van der Waals surface area (Å²) in [5, 5.41) is 3.75. The lowest BCUT2D eigenvalue weighted by atomic mass is 9.92. The van der Waals surface area contributed by atoms with E-state index in [4.69, 9.17) is 0 Å². The Morgan fingerprint density at radius 3 is 2.45 bits per heavy atom. The zero-order valence-corrected chi connectivity index (χ0v) is 13.9. The first-order valence-electron chi connectivity index (χ1n) is 8.45. The summed E-state index contributed by atoms with van der Waals surface area (Å²) in [6, 6.07) is 9.48. The van der Waals surface area contributed by atoms with Gasteiger partial charge in [0.1, 0.15) is 0 Å². The molecule has 0 aliphatic carbocycles. The highest BCUT2D eigenvalue weighted by atomic mass is 14.9. The van der Waals surface area contributed by atoms with Crippen molar-refractivity contribution in [1.29, 1.82) is 0 Å². The fraction of sp³-hybridized carbons (Fsp3) is 0.684. The molecule has 2 unspecified atom stereocenters. The molecular formula is C19H33N. The second-order valence-corrected chi connectivity index (χ2v) is 6.25. The number of benzene rings is 1. The summed E-state index contributed by atoms with van der Waals surface area (Å²) < 4.78 is 0. The summed E-state index contributed by atoms with van der Waals surface area (Å²) in [6.07, 6.45) is 7.67. The maximum atomic E-state index is 3.75. The number of nitrogens with one attached hydrogen (secondary N) is 1. The minimum absolute atomic E-state index is 0.677. The molecule has 20 heavy (non-hydrogen) atoms. The predicted octanol–water partition coefficient (Wildman–Crippen LogP) is 5.12. The van der Waals surface area contributed by atoms with Crippen LogP contribution in [0.5, 0.6) is 0 Å². The van der Waals surface area contributed by atoms with Gasteiger partial charge in [-0.3, -0.25) is 0 Å². The van der Waals surface area contributed by atoms with Gasteiger partial charge in [-0.2, -0.15) is 0 Å². The Kier molecular flexibility index (Phi) is 8.60. The Bertz CT molecular complexity index is 359. The Balaban J connectivity index is 2.49. The molecule has 0 aliphatic rings. The molecule has 1 rings (SSSR count). The third kappa shape index (κ3) is 6.56. The molecule has 1 aromatic rings. The van der Waals surface area contributed by atoms with Gasteiger partial charge in [-0.15, -0.1) is 0 Å². The van der Waals surface area contributed by atoms with Crippen LogP contribution in [0.1, 0.15) is 64.0 Å². The summed E-state index contributed by atoms with van der Waals surface area (Å²) in [4.78, 5) is 0. The Morgan fingerprint density at radius 2 is 1.80 bits per heavy atom. The average Bonchev–Trinajstić information content (AvgIpc) is 2.43. The van der Waals surface area contributed by atoms with E-state index in [-0.39, 0.29) is 0 Å². The van der Waals surface area contributed by atoms with Crippen molar-refractivity contribution in [3.05, 3.63) is 35.4 Å². The van der Waals surface area contributed by atoms with Crippen LogP contribution >= 0.6 is 0 Å². The molecule has 2 atom stereocenters. The van der Waals surface area contributed by atoms with Crippen molar-refractivity contribution in [2.75, 3.05) is 6.54 Å². The zero-order valence-electron chi connectivity index (χ0n) is 13.9. The Hall–Kier alpha value is -0.820. The van der Waals surface area contributed by atoms with Crippen LogP contribution in [0.4, 0.5) is 0 Å². The van der Waals surface area contributed by atoms with E-state index >= 15 is 0 Å². The van der Waals surface area contributed by atoms with Gasteiger partial charge in [0.25, 0.3) is 0 Å². The summed E-state index contributed by atoms with van der Waals surface area (Å²) in [5.41, 5.74) is 2.95. The van der Waals surface area contributed by atoms with Gasteiger partial charge in [-0.25, -0.2) is 0 Å². The lowest BCUT2D eigenvalue weighted by Gasteiger charge is -2.22. The smallest absolute Gasteiger partial charge is 0.00727 e. The van der Waals surface area contributed by atoms with Gasteiger partial charge in [0.2, 0.25) is 0 Å². The van der Waals surface area contributed by atoms with E-state index in [1.165, 1.54) is 49.7 Å². The molecule has 1 heteroatoms. The highest BCUT2D eigenvalue weighted by molar-refractivity contribution is 5.25. The molecule has 0 aliphatic heterocycles. The molecule has 0 aromatic heterocycles. The van der Waals surface area contributed by atoms with E-state index in [0.29, 0.717) is 6.04 Å². The first-order chi connectivity index (χ1) is 9.67. The highest BCUT2D eigenvalue weighted by Gasteiger charge is 2.12. The molecule has 0 radical (unpaired) electrons. The molecule has 0 saturated carbocycles. The third-order valence-corrected chi connectivity index (χ3v) is 4.17. The van der Waals surface area contributed by atoms with Crippen LogP contribution in [-0.2, 0) is 6.42 Å². The van der Waals surface area contributed by atoms with Crippen molar-refractivity contribution in [2.45, 2.75) is 72.3 Å². The van der Waals surface area contributed by atoms with Crippen LogP contribution in [0, 0.1) is 12.8 Å². The van der Waals surface area contributed by atoms with Crippen molar-refractivity contribution < 1.29 is 0 Å². The number of aryl methyl sites for hydroxylation is 2. The van der Waals surface area contributed by atoms with Crippen molar-refractivity contribution in [2.24, 2.45) is 5.92 Å². The molecule has 0 spiro atoms. The van der Waals surface area contributed by atoms with E-state index in [0.717, 1.165) is 12.5 Å². The van der Waals surface area contributed by atoms with Crippen molar-refractivity contribution in [1.82, 2.24) is 5.32 Å². The maximum absolute atomic E-state index is 3.75. The van der Waals surface area contributed by atoms with E-state index in [2.05, 4.69) is 57.3 Å². The van der Waals surface area contributed by atoms with E-state index < -0.39 is 0 Å². The number of hydrogen-bond donors (Lipinski definition) is 1. The van der Waals surface area contributed by atoms with Crippen LogP contribution in [-0.4, -0.2) is 12.6 Å². The minimum atomic E-state index is 0.677. The molecule has 114 valence electrons. The number of hydrogen-bond acceptors (Lipinski definition) is 1. The average molecular weight is 275 g/mol. The Labute approximate surface area is 126 Å². The van der Waals surface area contributed by atoms with Gasteiger partial charge in [0, 0.05) is 6.04 Å². The van der Waals surface area contributed by atoms with Gasteiger partial charge in [0.05, 0.1) is 0 Å². The lowest BCUT2D eigenvalue weighted by Crippen LogP contribution is -2.32. The Morgan fingerprint density at radius 1 is 1.05 bits per heavy atom. The number of rotatable bonds is 10. The second-order valence-electron chi connectivity index (χ2n) is 6.25. The zero-order chi connectivity index (χ0) is 14.8. The van der Waals surface area contributed by atoms with Crippen molar-refractivity contribution >= 4 is 0 Å². The monoisotopic (exact) mass is 275 g/mol. The summed E-state index contributed by atoms with van der Waals surface area (Å²) >= 11 is 0. The normalized spacial score (nSPS) is 14.2. The van der Waals surface area contributed by atoms with Crippen molar-refractivity contribution in [3.8, 4) is 0 Å². The highest BCUT2D eigenvalue weighted by Crippen LogP contribution is 2.17. The lowest BCUT2D eigenvalue weighted by molar-refractivity contribution is 0.367. The molecule has 0 amide bonds. The quantitative estimate of drug-likeness (QED) is 0.625.